The van der Waals surface area contributed by atoms with E-state index in [1.165, 1.54) is 7.11 Å². The molecule has 0 aromatic heterocycles. The van der Waals surface area contributed by atoms with E-state index in [4.69, 9.17) is 27.9 Å². The zero-order chi connectivity index (χ0) is 12.3. The molecule has 1 aromatic carbocycles. The molecule has 0 aliphatic heterocycles. The SMILES string of the molecule is COc1cc(Cl)c(CC(C)C(C)=O)cc1Cl. The van der Waals surface area contributed by atoms with Gasteiger partial charge in [0.25, 0.3) is 0 Å². The third-order valence-electron chi connectivity index (χ3n) is 2.54. The normalized spacial score (nSPS) is 12.3. The number of methoxy groups -OCH3 is 1. The summed E-state index contributed by atoms with van der Waals surface area (Å²) in [7, 11) is 1.54. The maximum atomic E-state index is 11.2. The van der Waals surface area contributed by atoms with Crippen molar-refractivity contribution in [2.24, 2.45) is 5.92 Å². The van der Waals surface area contributed by atoms with Crippen LogP contribution in [0.3, 0.4) is 0 Å². The molecule has 1 rings (SSSR count). The highest BCUT2D eigenvalue weighted by Crippen LogP contribution is 2.32. The number of halogens is 2. The third-order valence-corrected chi connectivity index (χ3v) is 3.19. The van der Waals surface area contributed by atoms with Crippen molar-refractivity contribution in [1.29, 1.82) is 0 Å². The van der Waals surface area contributed by atoms with Gasteiger partial charge in [0.1, 0.15) is 11.5 Å². The second kappa shape index (κ2) is 5.55. The molecule has 1 aromatic rings. The van der Waals surface area contributed by atoms with E-state index in [2.05, 4.69) is 0 Å². The highest BCUT2D eigenvalue weighted by Gasteiger charge is 2.13. The minimum absolute atomic E-state index is 0.0537. The molecule has 0 heterocycles. The average molecular weight is 261 g/mol. The van der Waals surface area contributed by atoms with E-state index in [0.29, 0.717) is 22.2 Å². The first-order valence-corrected chi connectivity index (χ1v) is 5.73. The van der Waals surface area contributed by atoms with Gasteiger partial charge >= 0.3 is 0 Å². The summed E-state index contributed by atoms with van der Waals surface area (Å²) in [4.78, 5) is 11.2. The lowest BCUT2D eigenvalue weighted by Gasteiger charge is -2.11. The standard InChI is InChI=1S/C12H14Cl2O2/c1-7(8(2)15)4-9-5-11(14)12(16-3)6-10(9)13/h5-7H,4H2,1-3H3. The minimum Gasteiger partial charge on any atom is -0.495 e. The van der Waals surface area contributed by atoms with Crippen molar-refractivity contribution < 1.29 is 9.53 Å². The zero-order valence-corrected chi connectivity index (χ0v) is 11.0. The molecule has 88 valence electrons. The van der Waals surface area contributed by atoms with Crippen LogP contribution in [0.1, 0.15) is 19.4 Å². The Morgan fingerprint density at radius 2 is 2.00 bits per heavy atom. The van der Waals surface area contributed by atoms with Gasteiger partial charge in [-0.1, -0.05) is 30.1 Å². The smallest absolute Gasteiger partial charge is 0.138 e. The van der Waals surface area contributed by atoms with Gasteiger partial charge in [-0.2, -0.15) is 0 Å². The van der Waals surface area contributed by atoms with Crippen molar-refractivity contribution in [2.45, 2.75) is 20.3 Å². The quantitative estimate of drug-likeness (QED) is 0.824. The van der Waals surface area contributed by atoms with Crippen LogP contribution in [-0.4, -0.2) is 12.9 Å². The fourth-order valence-electron chi connectivity index (χ4n) is 1.36. The van der Waals surface area contributed by atoms with Crippen molar-refractivity contribution in [3.05, 3.63) is 27.7 Å². The number of ketones is 1. The van der Waals surface area contributed by atoms with Gasteiger partial charge in [0.15, 0.2) is 0 Å². The highest BCUT2D eigenvalue weighted by atomic mass is 35.5. The number of Topliss-reactive ketones (excluding diaryl/α,β-unsaturated/α-hetero) is 1. The fourth-order valence-corrected chi connectivity index (χ4v) is 1.85. The Kier molecular flexibility index (Phi) is 4.63. The van der Waals surface area contributed by atoms with Gasteiger partial charge in [-0.25, -0.2) is 0 Å². The molecule has 0 amide bonds. The second-order valence-corrected chi connectivity index (χ2v) is 4.61. The number of carbonyl (C=O) groups excluding carboxylic acids is 1. The number of ether oxygens (including phenoxy) is 1. The summed E-state index contributed by atoms with van der Waals surface area (Å²) < 4.78 is 5.05. The summed E-state index contributed by atoms with van der Waals surface area (Å²) in [5.74, 6) is 0.635. The van der Waals surface area contributed by atoms with Crippen molar-refractivity contribution >= 4 is 29.0 Å². The predicted molar refractivity (Wildman–Crippen MR) is 66.6 cm³/mol. The first-order chi connectivity index (χ1) is 7.45. The Hall–Kier alpha value is -0.730. The summed E-state index contributed by atoms with van der Waals surface area (Å²) in [5, 5.41) is 1.09. The Morgan fingerprint density at radius 3 is 2.50 bits per heavy atom. The molecule has 0 aliphatic carbocycles. The van der Waals surface area contributed by atoms with E-state index in [0.717, 1.165) is 5.56 Å². The van der Waals surface area contributed by atoms with Crippen LogP contribution >= 0.6 is 23.2 Å². The molecule has 0 bridgehead atoms. The molecule has 0 spiro atoms. The van der Waals surface area contributed by atoms with Crippen LogP contribution < -0.4 is 4.74 Å². The molecule has 16 heavy (non-hydrogen) atoms. The lowest BCUT2D eigenvalue weighted by molar-refractivity contribution is -0.120. The summed E-state index contributed by atoms with van der Waals surface area (Å²) in [6, 6.07) is 3.42. The summed E-state index contributed by atoms with van der Waals surface area (Å²) >= 11 is 12.1. The van der Waals surface area contributed by atoms with Gasteiger partial charge in [-0.3, -0.25) is 4.79 Å². The molecular weight excluding hydrogens is 247 g/mol. The maximum Gasteiger partial charge on any atom is 0.138 e. The topological polar surface area (TPSA) is 26.3 Å². The Balaban J connectivity index is 2.98. The van der Waals surface area contributed by atoms with Crippen molar-refractivity contribution in [2.75, 3.05) is 7.11 Å². The van der Waals surface area contributed by atoms with Gasteiger partial charge in [0.05, 0.1) is 12.1 Å². The molecule has 4 heteroatoms. The molecule has 0 radical (unpaired) electrons. The first-order valence-electron chi connectivity index (χ1n) is 4.98. The van der Waals surface area contributed by atoms with Gasteiger partial charge in [-0.05, 0) is 25.0 Å². The number of benzene rings is 1. The van der Waals surface area contributed by atoms with Crippen LogP contribution in [0, 0.1) is 5.92 Å². The van der Waals surface area contributed by atoms with Gasteiger partial charge in [-0.15, -0.1) is 0 Å². The van der Waals surface area contributed by atoms with Crippen molar-refractivity contribution in [1.82, 2.24) is 0 Å². The lowest BCUT2D eigenvalue weighted by atomic mass is 9.98. The second-order valence-electron chi connectivity index (χ2n) is 3.79. The summed E-state index contributed by atoms with van der Waals surface area (Å²) in [6.45, 7) is 3.44. The predicted octanol–water partition coefficient (Wildman–Crippen LogP) is 3.77. The maximum absolute atomic E-state index is 11.2. The summed E-state index contributed by atoms with van der Waals surface area (Å²) in [5.41, 5.74) is 0.871. The zero-order valence-electron chi connectivity index (χ0n) is 9.51. The van der Waals surface area contributed by atoms with Gasteiger partial charge in [0, 0.05) is 17.0 Å². The number of hydrogen-bond donors (Lipinski definition) is 0. The molecule has 1 atom stereocenters. The van der Waals surface area contributed by atoms with Crippen LogP contribution in [-0.2, 0) is 11.2 Å². The van der Waals surface area contributed by atoms with E-state index < -0.39 is 0 Å². The minimum atomic E-state index is -0.0537. The Morgan fingerprint density at radius 1 is 1.38 bits per heavy atom. The molecule has 0 saturated heterocycles. The molecular formula is C12H14Cl2O2. The molecule has 1 unspecified atom stereocenters. The third kappa shape index (κ3) is 3.13. The molecule has 0 aliphatic rings. The van der Waals surface area contributed by atoms with Crippen LogP contribution in [0.5, 0.6) is 5.75 Å². The highest BCUT2D eigenvalue weighted by molar-refractivity contribution is 6.34. The van der Waals surface area contributed by atoms with Gasteiger partial charge < -0.3 is 4.74 Å². The molecule has 0 fully saturated rings. The Labute approximate surface area is 106 Å². The molecule has 0 N–H and O–H groups in total. The average Bonchev–Trinajstić information content (AvgIpc) is 2.22. The number of rotatable bonds is 4. The van der Waals surface area contributed by atoms with E-state index >= 15 is 0 Å². The molecule has 2 nitrogen and oxygen atoms in total. The van der Waals surface area contributed by atoms with E-state index in [1.54, 1.807) is 19.1 Å². The van der Waals surface area contributed by atoms with Crippen LogP contribution in [0.4, 0.5) is 0 Å². The van der Waals surface area contributed by atoms with E-state index in [9.17, 15) is 4.79 Å². The fraction of sp³-hybridized carbons (Fsp3) is 0.417. The lowest BCUT2D eigenvalue weighted by Crippen LogP contribution is -2.09. The molecule has 0 saturated carbocycles. The van der Waals surface area contributed by atoms with E-state index in [1.807, 2.05) is 6.92 Å². The van der Waals surface area contributed by atoms with Crippen LogP contribution in [0.25, 0.3) is 0 Å². The van der Waals surface area contributed by atoms with Crippen LogP contribution in [0.15, 0.2) is 12.1 Å². The first kappa shape index (κ1) is 13.3. The van der Waals surface area contributed by atoms with E-state index in [-0.39, 0.29) is 11.7 Å². The Bertz CT molecular complexity index is 402. The van der Waals surface area contributed by atoms with Crippen LogP contribution in [0.2, 0.25) is 10.0 Å². The van der Waals surface area contributed by atoms with Crippen molar-refractivity contribution in [3.8, 4) is 5.75 Å². The van der Waals surface area contributed by atoms with Gasteiger partial charge in [0.2, 0.25) is 0 Å². The number of hydrogen-bond acceptors (Lipinski definition) is 2. The summed E-state index contributed by atoms with van der Waals surface area (Å²) in [6.07, 6.45) is 0.595. The number of carbonyl (C=O) groups is 1. The van der Waals surface area contributed by atoms with Crippen molar-refractivity contribution in [3.63, 3.8) is 0 Å². The largest absolute Gasteiger partial charge is 0.495 e. The monoisotopic (exact) mass is 260 g/mol.